The van der Waals surface area contributed by atoms with Crippen LogP contribution in [0.5, 0.6) is 0 Å². The van der Waals surface area contributed by atoms with Crippen LogP contribution in [0.3, 0.4) is 0 Å². The maximum absolute atomic E-state index is 12.4. The first-order valence-electron chi connectivity index (χ1n) is 7.68. The van der Waals surface area contributed by atoms with E-state index in [0.29, 0.717) is 17.9 Å². The molecule has 1 heterocycles. The summed E-state index contributed by atoms with van der Waals surface area (Å²) in [5.41, 5.74) is 3.02. The quantitative estimate of drug-likeness (QED) is 0.796. The van der Waals surface area contributed by atoms with Crippen molar-refractivity contribution in [1.29, 1.82) is 0 Å². The largest absolute Gasteiger partial charge is 0.278 e. The van der Waals surface area contributed by atoms with Gasteiger partial charge < -0.3 is 0 Å². The molecule has 0 aromatic heterocycles. The van der Waals surface area contributed by atoms with E-state index in [4.69, 9.17) is 11.6 Å². The Hall–Kier alpha value is -2.13. The van der Waals surface area contributed by atoms with E-state index in [1.165, 1.54) is 10.5 Å². The van der Waals surface area contributed by atoms with E-state index in [9.17, 15) is 9.59 Å². The predicted molar refractivity (Wildman–Crippen MR) is 90.2 cm³/mol. The van der Waals surface area contributed by atoms with Crippen LogP contribution in [0.2, 0.25) is 5.02 Å². The Bertz CT molecular complexity index is 721. The summed E-state index contributed by atoms with van der Waals surface area (Å²) in [6, 6.07) is 15.3. The van der Waals surface area contributed by atoms with Crippen molar-refractivity contribution in [1.82, 2.24) is 4.90 Å². The summed E-state index contributed by atoms with van der Waals surface area (Å²) in [7, 11) is 0. The third-order valence-corrected chi connectivity index (χ3v) is 4.65. The van der Waals surface area contributed by atoms with Gasteiger partial charge in [-0.1, -0.05) is 59.6 Å². The number of piperidine rings is 1. The SMILES string of the molecule is Cc1ccc(C2CC(=O)N(Cc3ccccc3Cl)C(=O)C2)cc1. The molecule has 0 bridgehead atoms. The van der Waals surface area contributed by atoms with Gasteiger partial charge in [0.15, 0.2) is 0 Å². The Morgan fingerprint density at radius 2 is 1.61 bits per heavy atom. The molecule has 3 nitrogen and oxygen atoms in total. The highest BCUT2D eigenvalue weighted by atomic mass is 35.5. The molecule has 0 spiro atoms. The number of aryl methyl sites for hydroxylation is 1. The maximum Gasteiger partial charge on any atom is 0.230 e. The van der Waals surface area contributed by atoms with Gasteiger partial charge in [0.25, 0.3) is 0 Å². The highest BCUT2D eigenvalue weighted by molar-refractivity contribution is 6.31. The minimum atomic E-state index is -0.133. The molecular weight excluding hydrogens is 310 g/mol. The normalized spacial score (nSPS) is 16.0. The first kappa shape index (κ1) is 15.8. The lowest BCUT2D eigenvalue weighted by Crippen LogP contribution is -2.42. The van der Waals surface area contributed by atoms with Crippen molar-refractivity contribution in [3.05, 3.63) is 70.2 Å². The van der Waals surface area contributed by atoms with E-state index in [0.717, 1.165) is 11.1 Å². The maximum atomic E-state index is 12.4. The number of hydrogen-bond donors (Lipinski definition) is 0. The summed E-state index contributed by atoms with van der Waals surface area (Å²) in [5.74, 6) is -0.295. The number of nitrogens with zero attached hydrogens (tertiary/aromatic N) is 1. The van der Waals surface area contributed by atoms with Crippen LogP contribution in [-0.4, -0.2) is 16.7 Å². The van der Waals surface area contributed by atoms with Gasteiger partial charge in [-0.25, -0.2) is 0 Å². The molecule has 0 N–H and O–H groups in total. The molecule has 0 atom stereocenters. The fourth-order valence-electron chi connectivity index (χ4n) is 2.90. The standard InChI is InChI=1S/C19H18ClNO2/c1-13-6-8-14(9-7-13)16-10-18(22)21(19(23)11-16)12-15-4-2-3-5-17(15)20/h2-9,16H,10-12H2,1H3. The van der Waals surface area contributed by atoms with E-state index < -0.39 is 0 Å². The second-order valence-corrected chi connectivity index (χ2v) is 6.39. The summed E-state index contributed by atoms with van der Waals surface area (Å²) < 4.78 is 0. The van der Waals surface area contributed by atoms with Crippen molar-refractivity contribution < 1.29 is 9.59 Å². The monoisotopic (exact) mass is 327 g/mol. The van der Waals surface area contributed by atoms with Gasteiger partial charge in [-0.2, -0.15) is 0 Å². The van der Waals surface area contributed by atoms with Crippen LogP contribution in [0.15, 0.2) is 48.5 Å². The molecule has 0 saturated carbocycles. The molecule has 23 heavy (non-hydrogen) atoms. The lowest BCUT2D eigenvalue weighted by atomic mass is 9.88. The van der Waals surface area contributed by atoms with E-state index in [2.05, 4.69) is 0 Å². The Morgan fingerprint density at radius 3 is 2.22 bits per heavy atom. The fourth-order valence-corrected chi connectivity index (χ4v) is 3.10. The molecule has 2 aromatic rings. The molecule has 118 valence electrons. The van der Waals surface area contributed by atoms with Gasteiger partial charge in [0.05, 0.1) is 6.54 Å². The topological polar surface area (TPSA) is 37.4 Å². The zero-order chi connectivity index (χ0) is 16.4. The van der Waals surface area contributed by atoms with Crippen molar-refractivity contribution in [3.63, 3.8) is 0 Å². The minimum Gasteiger partial charge on any atom is -0.278 e. The van der Waals surface area contributed by atoms with Crippen molar-refractivity contribution in [2.24, 2.45) is 0 Å². The molecular formula is C19H18ClNO2. The van der Waals surface area contributed by atoms with Gasteiger partial charge in [-0.3, -0.25) is 14.5 Å². The average molecular weight is 328 g/mol. The number of rotatable bonds is 3. The molecule has 4 heteroatoms. The summed E-state index contributed by atoms with van der Waals surface area (Å²) >= 11 is 6.13. The second-order valence-electron chi connectivity index (χ2n) is 5.98. The number of hydrogen-bond acceptors (Lipinski definition) is 2. The Balaban J connectivity index is 1.75. The third-order valence-electron chi connectivity index (χ3n) is 4.28. The lowest BCUT2D eigenvalue weighted by molar-refractivity contribution is -0.149. The van der Waals surface area contributed by atoms with Crippen LogP contribution in [-0.2, 0) is 16.1 Å². The number of amides is 2. The van der Waals surface area contributed by atoms with Gasteiger partial charge in [0.2, 0.25) is 11.8 Å². The zero-order valence-corrected chi connectivity index (χ0v) is 13.7. The molecule has 3 rings (SSSR count). The van der Waals surface area contributed by atoms with Gasteiger partial charge >= 0.3 is 0 Å². The number of carbonyl (C=O) groups excluding carboxylic acids is 2. The van der Waals surface area contributed by atoms with Crippen LogP contribution < -0.4 is 0 Å². The van der Waals surface area contributed by atoms with Gasteiger partial charge in [-0.15, -0.1) is 0 Å². The van der Waals surface area contributed by atoms with Gasteiger partial charge in [0, 0.05) is 23.8 Å². The van der Waals surface area contributed by atoms with Crippen molar-refractivity contribution in [2.45, 2.75) is 32.2 Å². The summed E-state index contributed by atoms with van der Waals surface area (Å²) in [6.07, 6.45) is 0.721. The molecule has 0 unspecified atom stereocenters. The third kappa shape index (κ3) is 3.45. The van der Waals surface area contributed by atoms with Crippen LogP contribution in [0.25, 0.3) is 0 Å². The van der Waals surface area contributed by atoms with E-state index in [1.54, 1.807) is 6.07 Å². The number of imide groups is 1. The van der Waals surface area contributed by atoms with E-state index in [1.807, 2.05) is 49.4 Å². The Morgan fingerprint density at radius 1 is 1.00 bits per heavy atom. The Kier molecular flexibility index (Phi) is 4.49. The smallest absolute Gasteiger partial charge is 0.230 e. The number of benzene rings is 2. The van der Waals surface area contributed by atoms with Gasteiger partial charge in [0.1, 0.15) is 0 Å². The lowest BCUT2D eigenvalue weighted by Gasteiger charge is -2.30. The number of carbonyl (C=O) groups is 2. The first-order chi connectivity index (χ1) is 11.0. The molecule has 1 fully saturated rings. The predicted octanol–water partition coefficient (Wildman–Crippen LogP) is 4.08. The summed E-state index contributed by atoms with van der Waals surface area (Å²) in [6.45, 7) is 2.27. The molecule has 1 aliphatic rings. The molecule has 0 radical (unpaired) electrons. The highest BCUT2D eigenvalue weighted by Crippen LogP contribution is 2.31. The van der Waals surface area contributed by atoms with Crippen molar-refractivity contribution in [2.75, 3.05) is 0 Å². The fraction of sp³-hybridized carbons (Fsp3) is 0.263. The van der Waals surface area contributed by atoms with Crippen LogP contribution >= 0.6 is 11.6 Å². The highest BCUT2D eigenvalue weighted by Gasteiger charge is 2.33. The molecule has 2 aromatic carbocycles. The minimum absolute atomic E-state index is 0.0295. The number of halogens is 1. The molecule has 0 aliphatic carbocycles. The van der Waals surface area contributed by atoms with Crippen molar-refractivity contribution >= 4 is 23.4 Å². The van der Waals surface area contributed by atoms with E-state index in [-0.39, 0.29) is 24.3 Å². The number of likely N-dealkylation sites (tertiary alicyclic amines) is 1. The first-order valence-corrected chi connectivity index (χ1v) is 8.05. The molecule has 1 aliphatic heterocycles. The summed E-state index contributed by atoms with van der Waals surface area (Å²) in [4.78, 5) is 26.2. The molecule has 1 saturated heterocycles. The zero-order valence-electron chi connectivity index (χ0n) is 13.0. The van der Waals surface area contributed by atoms with Gasteiger partial charge in [-0.05, 0) is 24.1 Å². The van der Waals surface area contributed by atoms with Crippen LogP contribution in [0.4, 0.5) is 0 Å². The summed E-state index contributed by atoms with van der Waals surface area (Å²) in [5, 5.41) is 0.578. The van der Waals surface area contributed by atoms with Crippen LogP contribution in [0.1, 0.15) is 35.4 Å². The van der Waals surface area contributed by atoms with E-state index >= 15 is 0 Å². The van der Waals surface area contributed by atoms with Crippen molar-refractivity contribution in [3.8, 4) is 0 Å². The van der Waals surface area contributed by atoms with Crippen LogP contribution in [0, 0.1) is 6.92 Å². The second kappa shape index (κ2) is 6.55. The Labute approximate surface area is 140 Å². The molecule has 2 amide bonds. The average Bonchev–Trinajstić information content (AvgIpc) is 2.53.